The lowest BCUT2D eigenvalue weighted by Crippen LogP contribution is -3.12. The number of carbonyl (C=O) groups excluding carboxylic acids is 1. The molecule has 2 atom stereocenters. The number of hydrogen-bond acceptors (Lipinski definition) is 4. The zero-order valence-electron chi connectivity index (χ0n) is 16.2. The van der Waals surface area contributed by atoms with Gasteiger partial charge in [0.15, 0.2) is 11.5 Å². The molecule has 1 aromatic rings. The van der Waals surface area contributed by atoms with Crippen LogP contribution >= 0.6 is 0 Å². The van der Waals surface area contributed by atoms with E-state index in [9.17, 15) is 4.79 Å². The van der Waals surface area contributed by atoms with Crippen LogP contribution in [-0.4, -0.2) is 58.3 Å². The summed E-state index contributed by atoms with van der Waals surface area (Å²) in [7, 11) is 4.95. The van der Waals surface area contributed by atoms with Gasteiger partial charge in [0.05, 0.1) is 45.9 Å². The highest BCUT2D eigenvalue weighted by atomic mass is 16.5. The fourth-order valence-corrected chi connectivity index (χ4v) is 4.22. The number of piperidine rings is 1. The summed E-state index contributed by atoms with van der Waals surface area (Å²) in [4.78, 5) is 16.2. The lowest BCUT2D eigenvalue weighted by atomic mass is 9.96. The molecule has 0 aliphatic carbocycles. The highest BCUT2D eigenvalue weighted by molar-refractivity contribution is 5.79. The van der Waals surface area contributed by atoms with E-state index in [2.05, 4.69) is 4.90 Å². The predicted molar refractivity (Wildman–Crippen MR) is 99.0 cm³/mol. The lowest BCUT2D eigenvalue weighted by Gasteiger charge is -2.31. The largest absolute Gasteiger partial charge is 0.496 e. The second-order valence-corrected chi connectivity index (χ2v) is 7.27. The maximum atomic E-state index is 12.8. The Bertz CT molecular complexity index is 628. The molecule has 2 saturated heterocycles. The van der Waals surface area contributed by atoms with E-state index in [1.165, 1.54) is 4.90 Å². The molecule has 2 fully saturated rings. The van der Waals surface area contributed by atoms with E-state index in [0.717, 1.165) is 69.7 Å². The first-order valence-corrected chi connectivity index (χ1v) is 9.57. The molecule has 144 valence electrons. The highest BCUT2D eigenvalue weighted by Gasteiger charge is 2.33. The van der Waals surface area contributed by atoms with Gasteiger partial charge in [0.25, 0.3) is 0 Å². The molecule has 26 heavy (non-hydrogen) atoms. The quantitative estimate of drug-likeness (QED) is 0.823. The number of likely N-dealkylation sites (tertiary alicyclic amines) is 2. The molecule has 0 saturated carbocycles. The number of nitrogens with one attached hydrogen (secondary N) is 1. The molecular weight excluding hydrogens is 332 g/mol. The van der Waals surface area contributed by atoms with Crippen molar-refractivity contribution < 1.29 is 23.9 Å². The molecule has 3 rings (SSSR count). The first-order chi connectivity index (χ1) is 12.7. The molecule has 0 spiro atoms. The molecule has 2 aliphatic heterocycles. The summed E-state index contributed by atoms with van der Waals surface area (Å²) in [6.45, 7) is 4.68. The molecule has 0 aromatic heterocycles. The maximum Gasteiger partial charge on any atom is 0.231 e. The van der Waals surface area contributed by atoms with Crippen LogP contribution < -0.4 is 19.1 Å². The van der Waals surface area contributed by atoms with Crippen molar-refractivity contribution in [1.82, 2.24) is 4.90 Å². The summed E-state index contributed by atoms with van der Waals surface area (Å²) in [6, 6.07) is 3.88. The van der Waals surface area contributed by atoms with Crippen molar-refractivity contribution in [3.8, 4) is 17.2 Å². The number of carbonyl (C=O) groups is 1. The van der Waals surface area contributed by atoms with Crippen LogP contribution in [0.4, 0.5) is 0 Å². The van der Waals surface area contributed by atoms with E-state index in [1.807, 2.05) is 12.1 Å². The summed E-state index contributed by atoms with van der Waals surface area (Å²) in [5.74, 6) is 2.71. The fourth-order valence-electron chi connectivity index (χ4n) is 4.22. The van der Waals surface area contributed by atoms with Crippen molar-refractivity contribution in [2.45, 2.75) is 32.2 Å². The zero-order valence-corrected chi connectivity index (χ0v) is 16.2. The molecule has 2 aliphatic rings. The molecule has 0 bridgehead atoms. The third kappa shape index (κ3) is 4.06. The number of methoxy groups -OCH3 is 3. The molecule has 1 N–H and O–H groups in total. The minimum Gasteiger partial charge on any atom is -0.496 e. The molecule has 6 heteroatoms. The van der Waals surface area contributed by atoms with Crippen LogP contribution in [0.25, 0.3) is 0 Å². The number of quaternary nitrogens is 1. The number of benzene rings is 1. The number of ether oxygens (including phenoxy) is 3. The smallest absolute Gasteiger partial charge is 0.231 e. The van der Waals surface area contributed by atoms with Gasteiger partial charge in [0.2, 0.25) is 5.91 Å². The van der Waals surface area contributed by atoms with Crippen LogP contribution in [0, 0.1) is 5.92 Å². The van der Waals surface area contributed by atoms with Gasteiger partial charge in [0, 0.05) is 19.2 Å². The minimum atomic E-state index is 0.156. The monoisotopic (exact) mass is 363 g/mol. The minimum absolute atomic E-state index is 0.156. The van der Waals surface area contributed by atoms with Crippen molar-refractivity contribution in [2.75, 3.05) is 47.5 Å². The van der Waals surface area contributed by atoms with Crippen molar-refractivity contribution in [2.24, 2.45) is 5.92 Å². The number of amides is 1. The van der Waals surface area contributed by atoms with Crippen LogP contribution in [0.2, 0.25) is 0 Å². The summed E-state index contributed by atoms with van der Waals surface area (Å²) in [5.41, 5.74) is 1.09. The van der Waals surface area contributed by atoms with Crippen molar-refractivity contribution in [3.05, 3.63) is 17.7 Å². The normalized spacial score (nSPS) is 23.0. The first kappa shape index (κ1) is 18.8. The third-order valence-electron chi connectivity index (χ3n) is 5.61. The molecule has 6 nitrogen and oxygen atoms in total. The van der Waals surface area contributed by atoms with Crippen molar-refractivity contribution in [3.63, 3.8) is 0 Å². The van der Waals surface area contributed by atoms with Crippen LogP contribution in [0.5, 0.6) is 17.2 Å². The Labute approximate surface area is 156 Å². The Morgan fingerprint density at radius 3 is 2.35 bits per heavy atom. The number of rotatable bonds is 6. The topological polar surface area (TPSA) is 52.4 Å². The SMILES string of the molecule is COc1cc(OC)c(OC)cc1C[NH+]1CCCC(C(=O)N2CCCC2)C1. The van der Waals surface area contributed by atoms with Gasteiger partial charge in [-0.3, -0.25) is 4.79 Å². The van der Waals surface area contributed by atoms with E-state index in [1.54, 1.807) is 21.3 Å². The van der Waals surface area contributed by atoms with Gasteiger partial charge < -0.3 is 24.0 Å². The van der Waals surface area contributed by atoms with Gasteiger partial charge in [-0.1, -0.05) is 0 Å². The third-order valence-corrected chi connectivity index (χ3v) is 5.61. The molecule has 2 heterocycles. The van der Waals surface area contributed by atoms with Gasteiger partial charge in [0.1, 0.15) is 12.3 Å². The fraction of sp³-hybridized carbons (Fsp3) is 0.650. The molecule has 0 radical (unpaired) electrons. The van der Waals surface area contributed by atoms with Crippen LogP contribution in [0.1, 0.15) is 31.2 Å². The Hall–Kier alpha value is -1.95. The number of hydrogen-bond donors (Lipinski definition) is 1. The molecular formula is C20H31N2O4+. The van der Waals surface area contributed by atoms with E-state index in [4.69, 9.17) is 14.2 Å². The van der Waals surface area contributed by atoms with E-state index >= 15 is 0 Å². The second kappa shape index (κ2) is 8.62. The summed E-state index contributed by atoms with van der Waals surface area (Å²) in [6.07, 6.45) is 4.41. The van der Waals surface area contributed by atoms with E-state index in [0.29, 0.717) is 17.4 Å². The van der Waals surface area contributed by atoms with Gasteiger partial charge >= 0.3 is 0 Å². The average molecular weight is 363 g/mol. The van der Waals surface area contributed by atoms with Gasteiger partial charge in [-0.2, -0.15) is 0 Å². The van der Waals surface area contributed by atoms with Crippen LogP contribution in [0.3, 0.4) is 0 Å². The van der Waals surface area contributed by atoms with Gasteiger partial charge in [-0.25, -0.2) is 0 Å². The molecule has 1 amide bonds. The Morgan fingerprint density at radius 2 is 1.69 bits per heavy atom. The van der Waals surface area contributed by atoms with Gasteiger partial charge in [-0.05, 0) is 31.7 Å². The van der Waals surface area contributed by atoms with Crippen molar-refractivity contribution in [1.29, 1.82) is 0 Å². The average Bonchev–Trinajstić information content (AvgIpc) is 3.22. The summed E-state index contributed by atoms with van der Waals surface area (Å²) in [5, 5.41) is 0. The Balaban J connectivity index is 1.70. The first-order valence-electron chi connectivity index (χ1n) is 9.57. The second-order valence-electron chi connectivity index (χ2n) is 7.27. The molecule has 2 unspecified atom stereocenters. The Morgan fingerprint density at radius 1 is 1.04 bits per heavy atom. The maximum absolute atomic E-state index is 12.8. The van der Waals surface area contributed by atoms with E-state index < -0.39 is 0 Å². The van der Waals surface area contributed by atoms with Crippen molar-refractivity contribution >= 4 is 5.91 Å². The summed E-state index contributed by atoms with van der Waals surface area (Å²) >= 11 is 0. The standard InChI is InChI=1S/C20H30N2O4/c1-24-17-12-19(26-3)18(25-2)11-16(17)14-21-8-6-7-15(13-21)20(23)22-9-4-5-10-22/h11-12,15H,4-10,13-14H2,1-3H3/p+1. The lowest BCUT2D eigenvalue weighted by molar-refractivity contribution is -0.921. The van der Waals surface area contributed by atoms with E-state index in [-0.39, 0.29) is 5.92 Å². The summed E-state index contributed by atoms with van der Waals surface area (Å²) < 4.78 is 16.4. The van der Waals surface area contributed by atoms with Crippen LogP contribution in [0.15, 0.2) is 12.1 Å². The molecule has 1 aromatic carbocycles. The predicted octanol–water partition coefficient (Wildman–Crippen LogP) is 1.13. The van der Waals surface area contributed by atoms with Gasteiger partial charge in [-0.15, -0.1) is 0 Å². The Kier molecular flexibility index (Phi) is 6.25. The van der Waals surface area contributed by atoms with Crippen LogP contribution in [-0.2, 0) is 11.3 Å². The zero-order chi connectivity index (χ0) is 18.5. The number of nitrogens with zero attached hydrogens (tertiary/aromatic N) is 1. The highest BCUT2D eigenvalue weighted by Crippen LogP contribution is 2.34.